The lowest BCUT2D eigenvalue weighted by atomic mass is 9.76. The van der Waals surface area contributed by atoms with E-state index in [1.54, 1.807) is 0 Å². The first-order valence-electron chi connectivity index (χ1n) is 8.41. The zero-order valence-corrected chi connectivity index (χ0v) is 12.5. The van der Waals surface area contributed by atoms with Crippen molar-refractivity contribution >= 4 is 0 Å². The second-order valence-corrected chi connectivity index (χ2v) is 6.49. The summed E-state index contributed by atoms with van der Waals surface area (Å²) in [6, 6.07) is 8.63. The Hall–Kier alpha value is -0.860. The summed E-state index contributed by atoms with van der Waals surface area (Å²) in [4.78, 5) is 0. The molecule has 1 aromatic rings. The lowest BCUT2D eigenvalue weighted by Crippen LogP contribution is -2.38. The van der Waals surface area contributed by atoms with Crippen LogP contribution in [0.3, 0.4) is 0 Å². The van der Waals surface area contributed by atoms with Gasteiger partial charge in [0.15, 0.2) is 0 Å². The fraction of sp³-hybridized carbons (Fsp3) is 0.667. The molecule has 2 N–H and O–H groups in total. The van der Waals surface area contributed by atoms with Gasteiger partial charge in [0.05, 0.1) is 0 Å². The van der Waals surface area contributed by atoms with Crippen LogP contribution < -0.4 is 10.6 Å². The topological polar surface area (TPSA) is 24.1 Å². The van der Waals surface area contributed by atoms with Gasteiger partial charge < -0.3 is 10.6 Å². The maximum absolute atomic E-state index is 3.48. The number of fused-ring (bicyclic) bond motifs is 2. The molecule has 2 unspecified atom stereocenters. The summed E-state index contributed by atoms with van der Waals surface area (Å²) in [5.41, 5.74) is 2.98. The van der Waals surface area contributed by atoms with Crippen molar-refractivity contribution in [1.29, 1.82) is 0 Å². The summed E-state index contributed by atoms with van der Waals surface area (Å²) >= 11 is 0. The van der Waals surface area contributed by atoms with Crippen molar-refractivity contribution in [2.75, 3.05) is 19.6 Å². The van der Waals surface area contributed by atoms with Crippen molar-refractivity contribution in [2.24, 2.45) is 11.8 Å². The standard InChI is InChI=1S/C9H17N.C9H11N/c2*1-2-4-9-7-10-6-5-8(9)3-1/h8-10H,1-7H2;1-4,10H,5-7H2. The molecule has 1 aliphatic carbocycles. The normalized spacial score (nSPS) is 28.6. The molecule has 2 fully saturated rings. The van der Waals surface area contributed by atoms with E-state index in [4.69, 9.17) is 0 Å². The zero-order chi connectivity index (χ0) is 13.6. The average Bonchev–Trinajstić information content (AvgIpc) is 2.56. The molecule has 1 saturated carbocycles. The van der Waals surface area contributed by atoms with Gasteiger partial charge in [-0.1, -0.05) is 43.5 Å². The van der Waals surface area contributed by atoms with Gasteiger partial charge in [0.2, 0.25) is 0 Å². The molecule has 0 aromatic heterocycles. The van der Waals surface area contributed by atoms with E-state index in [1.165, 1.54) is 62.7 Å². The highest BCUT2D eigenvalue weighted by atomic mass is 14.9. The highest BCUT2D eigenvalue weighted by Gasteiger charge is 2.26. The summed E-state index contributed by atoms with van der Waals surface area (Å²) in [5, 5.41) is 6.82. The van der Waals surface area contributed by atoms with E-state index in [0.717, 1.165) is 24.9 Å². The first kappa shape index (κ1) is 14.1. The van der Waals surface area contributed by atoms with Crippen molar-refractivity contribution in [1.82, 2.24) is 10.6 Å². The number of piperidine rings is 1. The van der Waals surface area contributed by atoms with Gasteiger partial charge in [0.1, 0.15) is 0 Å². The largest absolute Gasteiger partial charge is 0.316 e. The van der Waals surface area contributed by atoms with Crippen LogP contribution in [-0.2, 0) is 13.0 Å². The molecule has 2 atom stereocenters. The Balaban J connectivity index is 0.000000121. The van der Waals surface area contributed by atoms with Gasteiger partial charge in [-0.2, -0.15) is 0 Å². The first-order valence-corrected chi connectivity index (χ1v) is 8.41. The Morgan fingerprint density at radius 2 is 1.60 bits per heavy atom. The lowest BCUT2D eigenvalue weighted by molar-refractivity contribution is 0.185. The van der Waals surface area contributed by atoms with Crippen molar-refractivity contribution in [3.8, 4) is 0 Å². The Morgan fingerprint density at radius 1 is 0.800 bits per heavy atom. The molecule has 2 heteroatoms. The van der Waals surface area contributed by atoms with E-state index in [2.05, 4.69) is 34.9 Å². The molecule has 3 aliphatic rings. The smallest absolute Gasteiger partial charge is 0.0208 e. The van der Waals surface area contributed by atoms with Gasteiger partial charge in [-0.05, 0) is 61.9 Å². The second kappa shape index (κ2) is 7.24. The minimum absolute atomic E-state index is 1.04. The van der Waals surface area contributed by atoms with Crippen LogP contribution in [-0.4, -0.2) is 19.6 Å². The number of nitrogens with one attached hydrogen (secondary N) is 2. The van der Waals surface area contributed by atoms with E-state index in [1.807, 2.05) is 0 Å². The fourth-order valence-electron chi connectivity index (χ4n) is 3.93. The Morgan fingerprint density at radius 3 is 2.40 bits per heavy atom. The molecule has 2 aliphatic heterocycles. The third-order valence-corrected chi connectivity index (χ3v) is 5.17. The van der Waals surface area contributed by atoms with Crippen molar-refractivity contribution in [2.45, 2.75) is 45.1 Å². The number of benzene rings is 1. The van der Waals surface area contributed by atoms with Crippen LogP contribution in [0, 0.1) is 11.8 Å². The molecule has 2 nitrogen and oxygen atoms in total. The highest BCUT2D eigenvalue weighted by molar-refractivity contribution is 5.28. The van der Waals surface area contributed by atoms with Crippen molar-refractivity contribution in [3.63, 3.8) is 0 Å². The van der Waals surface area contributed by atoms with Crippen LogP contribution in [0.2, 0.25) is 0 Å². The zero-order valence-electron chi connectivity index (χ0n) is 12.5. The van der Waals surface area contributed by atoms with E-state index in [9.17, 15) is 0 Å². The van der Waals surface area contributed by atoms with Gasteiger partial charge in [-0.15, -0.1) is 0 Å². The Bertz CT molecular complexity index is 365. The second-order valence-electron chi connectivity index (χ2n) is 6.49. The number of rotatable bonds is 0. The molecule has 1 aromatic carbocycles. The summed E-state index contributed by atoms with van der Waals surface area (Å²) in [6.45, 7) is 4.78. The lowest BCUT2D eigenvalue weighted by Gasteiger charge is -2.35. The van der Waals surface area contributed by atoms with Gasteiger partial charge in [0.25, 0.3) is 0 Å². The minimum atomic E-state index is 1.04. The SMILES string of the molecule is C1CCC2CNCCC2C1.c1ccc2c(c1)CCNC2. The predicted molar refractivity (Wildman–Crippen MR) is 84.8 cm³/mol. The van der Waals surface area contributed by atoms with Crippen LogP contribution in [0.25, 0.3) is 0 Å². The number of hydrogen-bond acceptors (Lipinski definition) is 2. The summed E-state index contributed by atoms with van der Waals surface area (Å²) < 4.78 is 0. The Labute approximate surface area is 123 Å². The van der Waals surface area contributed by atoms with Gasteiger partial charge in [-0.25, -0.2) is 0 Å². The molecule has 0 spiro atoms. The molecule has 0 bridgehead atoms. The van der Waals surface area contributed by atoms with E-state index in [0.29, 0.717) is 0 Å². The third-order valence-electron chi connectivity index (χ3n) is 5.17. The van der Waals surface area contributed by atoms with E-state index < -0.39 is 0 Å². The Kier molecular flexibility index (Phi) is 5.10. The van der Waals surface area contributed by atoms with Crippen LogP contribution >= 0.6 is 0 Å². The van der Waals surface area contributed by atoms with Crippen LogP contribution in [0.1, 0.15) is 43.2 Å². The predicted octanol–water partition coefficient (Wildman–Crippen LogP) is 3.12. The summed E-state index contributed by atoms with van der Waals surface area (Å²) in [5.74, 6) is 2.14. The van der Waals surface area contributed by atoms with Crippen molar-refractivity contribution in [3.05, 3.63) is 35.4 Å². The molecule has 4 rings (SSSR count). The molecule has 20 heavy (non-hydrogen) atoms. The summed E-state index contributed by atoms with van der Waals surface area (Å²) in [7, 11) is 0. The highest BCUT2D eigenvalue weighted by Crippen LogP contribution is 2.33. The maximum Gasteiger partial charge on any atom is 0.0208 e. The van der Waals surface area contributed by atoms with E-state index in [-0.39, 0.29) is 0 Å². The molecule has 110 valence electrons. The molecular formula is C18H28N2. The average molecular weight is 272 g/mol. The minimum Gasteiger partial charge on any atom is -0.316 e. The number of hydrogen-bond donors (Lipinski definition) is 2. The molecule has 0 radical (unpaired) electrons. The third kappa shape index (κ3) is 3.62. The fourth-order valence-corrected chi connectivity index (χ4v) is 3.93. The first-order chi connectivity index (χ1) is 9.93. The molecule has 2 heterocycles. The van der Waals surface area contributed by atoms with E-state index >= 15 is 0 Å². The molecule has 1 saturated heterocycles. The molecular weight excluding hydrogens is 244 g/mol. The quantitative estimate of drug-likeness (QED) is 0.758. The van der Waals surface area contributed by atoms with Crippen LogP contribution in [0.4, 0.5) is 0 Å². The summed E-state index contributed by atoms with van der Waals surface area (Å²) in [6.07, 6.45) is 8.65. The van der Waals surface area contributed by atoms with Crippen LogP contribution in [0.15, 0.2) is 24.3 Å². The molecule has 0 amide bonds. The van der Waals surface area contributed by atoms with Crippen LogP contribution in [0.5, 0.6) is 0 Å². The van der Waals surface area contributed by atoms with Gasteiger partial charge >= 0.3 is 0 Å². The van der Waals surface area contributed by atoms with Gasteiger partial charge in [-0.3, -0.25) is 0 Å². The van der Waals surface area contributed by atoms with Gasteiger partial charge in [0, 0.05) is 6.54 Å². The monoisotopic (exact) mass is 272 g/mol. The maximum atomic E-state index is 3.48. The van der Waals surface area contributed by atoms with Crippen molar-refractivity contribution < 1.29 is 0 Å².